The van der Waals surface area contributed by atoms with Crippen LogP contribution in [-0.4, -0.2) is 18.7 Å². The van der Waals surface area contributed by atoms with E-state index in [1.807, 2.05) is 13.8 Å². The topological polar surface area (TPSA) is 46.2 Å². The highest BCUT2D eigenvalue weighted by molar-refractivity contribution is 5.63. The molecule has 10 heavy (non-hydrogen) atoms. The van der Waals surface area contributed by atoms with Crippen LogP contribution in [0.4, 0.5) is 0 Å². The molecule has 0 aromatic carbocycles. The number of carbonyl (C=O) groups is 2. The molecule has 58 valence electrons. The first-order valence-electron chi connectivity index (χ1n) is 3.35. The maximum Gasteiger partial charge on any atom is 0.207 e. The molecule has 0 heterocycles. The zero-order chi connectivity index (χ0) is 7.98. The Morgan fingerprint density at radius 3 is 2.30 bits per heavy atom. The van der Waals surface area contributed by atoms with E-state index in [4.69, 9.17) is 0 Å². The normalized spacial score (nSPS) is 12.7. The van der Waals surface area contributed by atoms with Gasteiger partial charge in [0.2, 0.25) is 6.41 Å². The standard InChI is InChI=1S/C7H13NO2/c1-6(2)3-7(4-9)8-5-10/h4-7H,3H2,1-2H3,(H,8,10)/t7-/m1/s1. The van der Waals surface area contributed by atoms with E-state index in [0.717, 1.165) is 6.29 Å². The Morgan fingerprint density at radius 2 is 2.00 bits per heavy atom. The molecule has 0 rings (SSSR count). The van der Waals surface area contributed by atoms with E-state index in [-0.39, 0.29) is 6.04 Å². The predicted molar refractivity (Wildman–Crippen MR) is 38.5 cm³/mol. The molecule has 0 bridgehead atoms. The van der Waals surface area contributed by atoms with Crippen LogP contribution in [0.25, 0.3) is 0 Å². The van der Waals surface area contributed by atoms with Crippen molar-refractivity contribution in [1.29, 1.82) is 0 Å². The second-order valence-electron chi connectivity index (χ2n) is 2.66. The van der Waals surface area contributed by atoms with Crippen LogP contribution in [0.3, 0.4) is 0 Å². The highest BCUT2D eigenvalue weighted by Crippen LogP contribution is 2.01. The molecule has 1 N–H and O–H groups in total. The Kier molecular flexibility index (Phi) is 4.54. The van der Waals surface area contributed by atoms with E-state index < -0.39 is 0 Å². The molecule has 3 heteroatoms. The molecule has 0 aromatic rings. The lowest BCUT2D eigenvalue weighted by Crippen LogP contribution is -2.30. The quantitative estimate of drug-likeness (QED) is 0.564. The fraction of sp³-hybridized carbons (Fsp3) is 0.714. The molecule has 1 atom stereocenters. The zero-order valence-electron chi connectivity index (χ0n) is 6.33. The second-order valence-corrected chi connectivity index (χ2v) is 2.66. The number of carbonyl (C=O) groups excluding carboxylic acids is 2. The van der Waals surface area contributed by atoms with Gasteiger partial charge in [-0.15, -0.1) is 0 Å². The third-order valence-electron chi connectivity index (χ3n) is 1.17. The molecule has 1 amide bonds. The van der Waals surface area contributed by atoms with Gasteiger partial charge in [-0.1, -0.05) is 13.8 Å². The van der Waals surface area contributed by atoms with Crippen LogP contribution in [-0.2, 0) is 9.59 Å². The molecule has 0 unspecified atom stereocenters. The Hall–Kier alpha value is -0.860. The number of aldehydes is 1. The van der Waals surface area contributed by atoms with Gasteiger partial charge in [-0.25, -0.2) is 0 Å². The van der Waals surface area contributed by atoms with Gasteiger partial charge < -0.3 is 10.1 Å². The van der Waals surface area contributed by atoms with Crippen LogP contribution in [0.2, 0.25) is 0 Å². The minimum atomic E-state index is -0.308. The highest BCUT2D eigenvalue weighted by atomic mass is 16.1. The van der Waals surface area contributed by atoms with Crippen molar-refractivity contribution in [3.63, 3.8) is 0 Å². The number of rotatable bonds is 5. The minimum absolute atomic E-state index is 0.308. The Labute approximate surface area is 60.8 Å². The second kappa shape index (κ2) is 4.97. The third kappa shape index (κ3) is 4.06. The van der Waals surface area contributed by atoms with Crippen molar-refractivity contribution in [3.8, 4) is 0 Å². The van der Waals surface area contributed by atoms with E-state index in [0.29, 0.717) is 18.7 Å². The summed E-state index contributed by atoms with van der Waals surface area (Å²) in [6, 6.07) is -0.308. The van der Waals surface area contributed by atoms with Crippen LogP contribution in [0.1, 0.15) is 20.3 Å². The summed E-state index contributed by atoms with van der Waals surface area (Å²) in [5.74, 6) is 0.433. The van der Waals surface area contributed by atoms with Gasteiger partial charge in [0, 0.05) is 0 Å². The highest BCUT2D eigenvalue weighted by Gasteiger charge is 2.06. The summed E-state index contributed by atoms with van der Waals surface area (Å²) in [6.45, 7) is 4.01. The van der Waals surface area contributed by atoms with Gasteiger partial charge in [-0.05, 0) is 12.3 Å². The van der Waals surface area contributed by atoms with E-state index in [2.05, 4.69) is 5.32 Å². The van der Waals surface area contributed by atoms with Crippen molar-refractivity contribution in [2.45, 2.75) is 26.3 Å². The average molecular weight is 143 g/mol. The summed E-state index contributed by atoms with van der Waals surface area (Å²) >= 11 is 0. The summed E-state index contributed by atoms with van der Waals surface area (Å²) < 4.78 is 0. The maximum absolute atomic E-state index is 10.2. The monoisotopic (exact) mass is 143 g/mol. The van der Waals surface area contributed by atoms with Gasteiger partial charge >= 0.3 is 0 Å². The molecular weight excluding hydrogens is 130 g/mol. The van der Waals surface area contributed by atoms with Crippen LogP contribution in [0.15, 0.2) is 0 Å². The van der Waals surface area contributed by atoms with Gasteiger partial charge in [0.05, 0.1) is 6.04 Å². The summed E-state index contributed by atoms with van der Waals surface area (Å²) in [5, 5.41) is 2.42. The largest absolute Gasteiger partial charge is 0.349 e. The van der Waals surface area contributed by atoms with Crippen LogP contribution < -0.4 is 5.32 Å². The first-order chi connectivity index (χ1) is 4.70. The minimum Gasteiger partial charge on any atom is -0.349 e. The van der Waals surface area contributed by atoms with Crippen molar-refractivity contribution in [1.82, 2.24) is 5.32 Å². The van der Waals surface area contributed by atoms with Gasteiger partial charge in [0.15, 0.2) is 0 Å². The van der Waals surface area contributed by atoms with Crippen LogP contribution in [0.5, 0.6) is 0 Å². The zero-order valence-corrected chi connectivity index (χ0v) is 6.33. The molecule has 3 nitrogen and oxygen atoms in total. The van der Waals surface area contributed by atoms with E-state index >= 15 is 0 Å². The molecule has 0 radical (unpaired) electrons. The van der Waals surface area contributed by atoms with Crippen molar-refractivity contribution >= 4 is 12.7 Å². The van der Waals surface area contributed by atoms with Gasteiger partial charge in [-0.2, -0.15) is 0 Å². The van der Waals surface area contributed by atoms with E-state index in [9.17, 15) is 9.59 Å². The summed E-state index contributed by atoms with van der Waals surface area (Å²) in [7, 11) is 0. The molecule has 0 saturated heterocycles. The molecule has 0 fully saturated rings. The first kappa shape index (κ1) is 9.14. The van der Waals surface area contributed by atoms with Crippen LogP contribution in [0, 0.1) is 5.92 Å². The molecule has 0 aromatic heterocycles. The van der Waals surface area contributed by atoms with Crippen molar-refractivity contribution < 1.29 is 9.59 Å². The summed E-state index contributed by atoms with van der Waals surface area (Å²) in [5.41, 5.74) is 0. The SMILES string of the molecule is CC(C)C[C@H](C=O)NC=O. The third-order valence-corrected chi connectivity index (χ3v) is 1.17. The predicted octanol–water partition coefficient (Wildman–Crippen LogP) is 0.346. The fourth-order valence-corrected chi connectivity index (χ4v) is 0.758. The van der Waals surface area contributed by atoms with Gasteiger partial charge in [0.25, 0.3) is 0 Å². The lowest BCUT2D eigenvalue weighted by atomic mass is 10.1. The summed E-state index contributed by atoms with van der Waals surface area (Å²) in [4.78, 5) is 20.1. The van der Waals surface area contributed by atoms with Crippen LogP contribution >= 0.6 is 0 Å². The lowest BCUT2D eigenvalue weighted by Gasteiger charge is -2.10. The van der Waals surface area contributed by atoms with Crippen molar-refractivity contribution in [3.05, 3.63) is 0 Å². The molecule has 0 saturated carbocycles. The average Bonchev–Trinajstić information content (AvgIpc) is 1.86. The molecular formula is C7H13NO2. The first-order valence-corrected chi connectivity index (χ1v) is 3.35. The number of amides is 1. The van der Waals surface area contributed by atoms with E-state index in [1.54, 1.807) is 0 Å². The van der Waals surface area contributed by atoms with Gasteiger partial charge in [-0.3, -0.25) is 4.79 Å². The Bertz CT molecular complexity index is 112. The molecule has 0 aliphatic heterocycles. The summed E-state index contributed by atoms with van der Waals surface area (Å²) in [6.07, 6.45) is 2.03. The van der Waals surface area contributed by atoms with E-state index in [1.165, 1.54) is 0 Å². The number of nitrogens with one attached hydrogen (secondary N) is 1. The van der Waals surface area contributed by atoms with Gasteiger partial charge in [0.1, 0.15) is 6.29 Å². The lowest BCUT2D eigenvalue weighted by molar-refractivity contribution is -0.115. The Morgan fingerprint density at radius 1 is 1.40 bits per heavy atom. The van der Waals surface area contributed by atoms with Crippen molar-refractivity contribution in [2.24, 2.45) is 5.92 Å². The van der Waals surface area contributed by atoms with Crippen molar-refractivity contribution in [2.75, 3.05) is 0 Å². The maximum atomic E-state index is 10.2. The fourth-order valence-electron chi connectivity index (χ4n) is 0.758. The number of hydrogen-bond acceptors (Lipinski definition) is 2. The Balaban J connectivity index is 3.59. The molecule has 0 aliphatic rings. The molecule has 0 aliphatic carbocycles. The molecule has 0 spiro atoms. The number of hydrogen-bond donors (Lipinski definition) is 1. The smallest absolute Gasteiger partial charge is 0.207 e.